The highest BCUT2D eigenvalue weighted by Gasteiger charge is 2.42. The Morgan fingerprint density at radius 2 is 1.68 bits per heavy atom. The number of aliphatic carboxylic acids is 1. The van der Waals surface area contributed by atoms with E-state index in [0.717, 1.165) is 19.3 Å². The number of carboxylic acid groups (broad SMARTS) is 1. The highest BCUT2D eigenvalue weighted by Crippen LogP contribution is 2.19. The minimum Gasteiger partial charge on any atom is -0.481 e. The van der Waals surface area contributed by atoms with Crippen LogP contribution in [0.4, 0.5) is 0 Å². The van der Waals surface area contributed by atoms with Gasteiger partial charge in [-0.05, 0) is 6.42 Å². The van der Waals surface area contributed by atoms with Crippen LogP contribution < -0.4 is 0 Å². The molecule has 0 aliphatic heterocycles. The molecule has 0 radical (unpaired) electrons. The molecule has 0 heterocycles. The summed E-state index contributed by atoms with van der Waals surface area (Å²) in [6.07, 6.45) is 3.52. The van der Waals surface area contributed by atoms with Gasteiger partial charge in [-0.3, -0.25) is 9.59 Å². The predicted molar refractivity (Wildman–Crippen MR) is 73.9 cm³/mol. The van der Waals surface area contributed by atoms with E-state index in [1.165, 1.54) is 0 Å². The fourth-order valence-corrected chi connectivity index (χ4v) is 2.22. The zero-order valence-corrected chi connectivity index (χ0v) is 12.6. The van der Waals surface area contributed by atoms with Gasteiger partial charge in [0.2, 0.25) is 0 Å². The molecule has 0 amide bonds. The van der Waals surface area contributed by atoms with Crippen molar-refractivity contribution < 1.29 is 24.3 Å². The number of unbranched alkanes of at least 4 members (excludes halogenated alkanes) is 3. The van der Waals surface area contributed by atoms with Gasteiger partial charge >= 0.3 is 5.97 Å². The monoisotopic (exact) mass is 274 g/mol. The second-order valence-electron chi connectivity index (χ2n) is 6.28. The Balaban J connectivity index is 4.64. The molecule has 19 heavy (non-hydrogen) atoms. The van der Waals surface area contributed by atoms with Crippen LogP contribution in [0.25, 0.3) is 0 Å². The third kappa shape index (κ3) is 7.95. The number of aliphatic hydroxyl groups is 1. The van der Waals surface area contributed by atoms with Crippen LogP contribution >= 0.6 is 0 Å². The zero-order chi connectivity index (χ0) is 15.1. The average molecular weight is 274 g/mol. The van der Waals surface area contributed by atoms with Gasteiger partial charge in [0.15, 0.2) is 11.4 Å². The zero-order valence-electron chi connectivity index (χ0n) is 12.6. The largest absolute Gasteiger partial charge is 0.481 e. The van der Waals surface area contributed by atoms with E-state index in [1.54, 1.807) is 0 Å². The van der Waals surface area contributed by atoms with E-state index < -0.39 is 18.0 Å². The summed E-state index contributed by atoms with van der Waals surface area (Å²) in [6, 6.07) is 0. The maximum absolute atomic E-state index is 12.1. The van der Waals surface area contributed by atoms with E-state index in [9.17, 15) is 14.7 Å². The molecule has 5 nitrogen and oxygen atoms in total. The molecule has 0 aliphatic carbocycles. The fraction of sp³-hybridized carbons (Fsp3) is 0.857. The number of ketones is 1. The smallest absolute Gasteiger partial charge is 0.306 e. The summed E-state index contributed by atoms with van der Waals surface area (Å²) in [7, 11) is 5.49. The van der Waals surface area contributed by atoms with Crippen molar-refractivity contribution in [1.29, 1.82) is 0 Å². The van der Waals surface area contributed by atoms with Gasteiger partial charge in [0, 0.05) is 6.42 Å². The van der Waals surface area contributed by atoms with Crippen LogP contribution in [0, 0.1) is 0 Å². The first-order valence-corrected chi connectivity index (χ1v) is 6.88. The predicted octanol–water partition coefficient (Wildman–Crippen LogP) is 1.44. The SMILES string of the molecule is CCCCCCC(=O)C(O)(CC(=O)O)C[N+](C)(C)C. The first-order chi connectivity index (χ1) is 8.60. The summed E-state index contributed by atoms with van der Waals surface area (Å²) in [5.74, 6) is -1.49. The second-order valence-corrected chi connectivity index (χ2v) is 6.28. The molecule has 0 aromatic heterocycles. The molecule has 1 atom stereocenters. The Bertz CT molecular complexity index is 309. The van der Waals surface area contributed by atoms with E-state index >= 15 is 0 Å². The molecule has 0 bridgehead atoms. The van der Waals surface area contributed by atoms with Crippen molar-refractivity contribution in [1.82, 2.24) is 0 Å². The van der Waals surface area contributed by atoms with Crippen molar-refractivity contribution in [3.05, 3.63) is 0 Å². The Morgan fingerprint density at radius 1 is 1.11 bits per heavy atom. The van der Waals surface area contributed by atoms with Gasteiger partial charge in [0.25, 0.3) is 0 Å². The third-order valence-electron chi connectivity index (χ3n) is 2.96. The van der Waals surface area contributed by atoms with Crippen LogP contribution in [-0.4, -0.2) is 59.7 Å². The Labute approximate surface area is 115 Å². The molecule has 0 fully saturated rings. The highest BCUT2D eigenvalue weighted by atomic mass is 16.4. The maximum atomic E-state index is 12.1. The van der Waals surface area contributed by atoms with Crippen LogP contribution in [-0.2, 0) is 9.59 Å². The molecule has 2 N–H and O–H groups in total. The van der Waals surface area contributed by atoms with E-state index in [1.807, 2.05) is 21.1 Å². The number of rotatable bonds is 10. The number of quaternary nitrogens is 1. The second kappa shape index (κ2) is 7.60. The molecule has 112 valence electrons. The number of hydrogen-bond donors (Lipinski definition) is 2. The summed E-state index contributed by atoms with van der Waals surface area (Å²) in [5.41, 5.74) is -1.75. The average Bonchev–Trinajstić information content (AvgIpc) is 2.20. The van der Waals surface area contributed by atoms with Crippen molar-refractivity contribution in [2.75, 3.05) is 27.7 Å². The Morgan fingerprint density at radius 3 is 2.11 bits per heavy atom. The first kappa shape index (κ1) is 18.1. The fourth-order valence-electron chi connectivity index (χ4n) is 2.22. The van der Waals surface area contributed by atoms with Crippen molar-refractivity contribution >= 4 is 11.8 Å². The van der Waals surface area contributed by atoms with Gasteiger partial charge in [-0.1, -0.05) is 26.2 Å². The van der Waals surface area contributed by atoms with Crippen LogP contribution in [0.5, 0.6) is 0 Å². The molecule has 0 spiro atoms. The van der Waals surface area contributed by atoms with E-state index in [-0.39, 0.29) is 18.7 Å². The lowest BCUT2D eigenvalue weighted by Crippen LogP contribution is -2.54. The molecule has 0 aromatic carbocycles. The van der Waals surface area contributed by atoms with Crippen molar-refractivity contribution in [2.45, 2.75) is 51.0 Å². The number of likely N-dealkylation sites (N-methyl/N-ethyl adjacent to an activating group) is 1. The molecule has 0 saturated heterocycles. The highest BCUT2D eigenvalue weighted by molar-refractivity contribution is 5.90. The van der Waals surface area contributed by atoms with Gasteiger partial charge < -0.3 is 14.7 Å². The number of hydrogen-bond acceptors (Lipinski definition) is 3. The topological polar surface area (TPSA) is 74.6 Å². The minimum atomic E-state index is -1.75. The van der Waals surface area contributed by atoms with Gasteiger partial charge in [0.05, 0.1) is 27.6 Å². The summed E-state index contributed by atoms with van der Waals surface area (Å²) in [5, 5.41) is 19.3. The lowest BCUT2D eigenvalue weighted by Gasteiger charge is -2.33. The first-order valence-electron chi connectivity index (χ1n) is 6.88. The van der Waals surface area contributed by atoms with Crippen molar-refractivity contribution in [3.63, 3.8) is 0 Å². The van der Waals surface area contributed by atoms with Crippen LogP contribution in [0.15, 0.2) is 0 Å². The Hall–Kier alpha value is -0.940. The molecule has 1 unspecified atom stereocenters. The number of carbonyl (C=O) groups is 2. The van der Waals surface area contributed by atoms with Crippen molar-refractivity contribution in [3.8, 4) is 0 Å². The van der Waals surface area contributed by atoms with Crippen LogP contribution in [0.2, 0.25) is 0 Å². The van der Waals surface area contributed by atoms with Crippen molar-refractivity contribution in [2.24, 2.45) is 0 Å². The summed E-state index contributed by atoms with van der Waals surface area (Å²) in [4.78, 5) is 23.0. The third-order valence-corrected chi connectivity index (χ3v) is 2.96. The van der Waals surface area contributed by atoms with E-state index in [0.29, 0.717) is 10.9 Å². The molecule has 0 rings (SSSR count). The molecule has 0 saturated carbocycles. The lowest BCUT2D eigenvalue weighted by molar-refractivity contribution is -0.875. The van der Waals surface area contributed by atoms with Gasteiger partial charge in [-0.25, -0.2) is 0 Å². The quantitative estimate of drug-likeness (QED) is 0.467. The Kier molecular flexibility index (Phi) is 7.23. The summed E-state index contributed by atoms with van der Waals surface area (Å²) < 4.78 is 0.352. The van der Waals surface area contributed by atoms with E-state index in [4.69, 9.17) is 5.11 Å². The molecular weight excluding hydrogens is 246 g/mol. The normalized spacial score (nSPS) is 15.0. The number of carboxylic acids is 1. The van der Waals surface area contributed by atoms with E-state index in [2.05, 4.69) is 6.92 Å². The minimum absolute atomic E-state index is 0.117. The molecule has 0 aliphatic rings. The lowest BCUT2D eigenvalue weighted by atomic mass is 9.89. The van der Waals surface area contributed by atoms with Crippen LogP contribution in [0.1, 0.15) is 45.4 Å². The number of carbonyl (C=O) groups excluding carboxylic acids is 1. The van der Waals surface area contributed by atoms with Gasteiger partial charge in [-0.15, -0.1) is 0 Å². The molecule has 0 aromatic rings. The number of Topliss-reactive ketones (excluding diaryl/α,β-unsaturated/α-hetero) is 1. The summed E-state index contributed by atoms with van der Waals surface area (Å²) >= 11 is 0. The summed E-state index contributed by atoms with van der Waals surface area (Å²) in [6.45, 7) is 2.20. The maximum Gasteiger partial charge on any atom is 0.306 e. The van der Waals surface area contributed by atoms with Crippen LogP contribution in [0.3, 0.4) is 0 Å². The van der Waals surface area contributed by atoms with Gasteiger partial charge in [-0.2, -0.15) is 0 Å². The molecular formula is C14H28NO4+. The number of nitrogens with zero attached hydrogens (tertiary/aromatic N) is 1. The molecule has 5 heteroatoms. The standard InChI is InChI=1S/C14H27NO4/c1-5-6-7-8-9-12(16)14(19,10-13(17)18)11-15(2,3)4/h19H,5-11H2,1-4H3/p+1. The van der Waals surface area contributed by atoms with Gasteiger partial charge in [0.1, 0.15) is 6.54 Å².